The summed E-state index contributed by atoms with van der Waals surface area (Å²) >= 11 is 5.79. The number of hydrogen-bond donors (Lipinski definition) is 2. The minimum absolute atomic E-state index is 0.165. The van der Waals surface area contributed by atoms with E-state index in [1.54, 1.807) is 0 Å². The molecule has 4 heteroatoms. The van der Waals surface area contributed by atoms with E-state index < -0.39 is 0 Å². The van der Waals surface area contributed by atoms with Gasteiger partial charge in [0, 0.05) is 20.5 Å². The number of unbranched alkanes of at least 4 members (excludes halogenated alkanes) is 1. The molecule has 0 saturated heterocycles. The maximum Gasteiger partial charge on any atom is 0.0471 e. The summed E-state index contributed by atoms with van der Waals surface area (Å²) in [5, 5.41) is 0. The van der Waals surface area contributed by atoms with Crippen molar-refractivity contribution in [2.75, 3.05) is 0 Å². The van der Waals surface area contributed by atoms with Gasteiger partial charge in [0.15, 0.2) is 0 Å². The fourth-order valence-electron chi connectivity index (χ4n) is 1.52. The highest BCUT2D eigenvalue weighted by Crippen LogP contribution is 2.26. The first kappa shape index (κ1) is 14.0. The lowest BCUT2D eigenvalue weighted by molar-refractivity contribution is 0.500. The summed E-state index contributed by atoms with van der Waals surface area (Å²) in [7, 11) is 0. The number of hydrogen-bond acceptors (Lipinski definition) is 2. The minimum Gasteiger partial charge on any atom is -0.271 e. The van der Waals surface area contributed by atoms with Crippen molar-refractivity contribution < 1.29 is 0 Å². The highest BCUT2D eigenvalue weighted by Gasteiger charge is 2.12. The van der Waals surface area contributed by atoms with Gasteiger partial charge in [0.05, 0.1) is 0 Å². The number of benzene rings is 1. The average Bonchev–Trinajstić information content (AvgIpc) is 2.28. The van der Waals surface area contributed by atoms with Gasteiger partial charge in [-0.25, -0.2) is 0 Å². The number of halogens is 2. The van der Waals surface area contributed by atoms with Crippen molar-refractivity contribution in [1.82, 2.24) is 5.43 Å². The second-order valence-corrected chi connectivity index (χ2v) is 5.56. The van der Waals surface area contributed by atoms with Crippen molar-refractivity contribution in [2.24, 2.45) is 5.84 Å². The maximum atomic E-state index is 5.59. The summed E-state index contributed by atoms with van der Waals surface area (Å²) in [6.45, 7) is 0. The molecular formula is C12H14BrIN2. The Labute approximate surface area is 119 Å². The number of hydrazine groups is 1. The van der Waals surface area contributed by atoms with E-state index >= 15 is 0 Å². The Morgan fingerprint density at radius 3 is 2.94 bits per heavy atom. The zero-order chi connectivity index (χ0) is 12.0. The standard InChI is InChI=1S/C12H14BrIN2/c1-2-3-4-5-12(16-15)10-8-9(13)6-7-11(10)14/h1,6-8,12,16H,3-5,15H2. The molecule has 0 aliphatic heterocycles. The van der Waals surface area contributed by atoms with Gasteiger partial charge in [0.25, 0.3) is 0 Å². The first-order valence-electron chi connectivity index (χ1n) is 5.03. The topological polar surface area (TPSA) is 38.0 Å². The molecule has 0 amide bonds. The molecule has 3 N–H and O–H groups in total. The Morgan fingerprint density at radius 1 is 1.56 bits per heavy atom. The lowest BCUT2D eigenvalue weighted by Gasteiger charge is -2.17. The van der Waals surface area contributed by atoms with Crippen LogP contribution in [0.1, 0.15) is 30.9 Å². The summed E-state index contributed by atoms with van der Waals surface area (Å²) in [6, 6.07) is 6.37. The highest BCUT2D eigenvalue weighted by molar-refractivity contribution is 14.1. The van der Waals surface area contributed by atoms with Gasteiger partial charge >= 0.3 is 0 Å². The zero-order valence-corrected chi connectivity index (χ0v) is 12.6. The molecule has 1 rings (SSSR count). The highest BCUT2D eigenvalue weighted by atomic mass is 127. The van der Waals surface area contributed by atoms with Gasteiger partial charge in [-0.3, -0.25) is 11.3 Å². The normalized spacial score (nSPS) is 12.1. The molecule has 0 bridgehead atoms. The Balaban J connectivity index is 2.78. The predicted octanol–water partition coefficient (Wildman–Crippen LogP) is 3.36. The van der Waals surface area contributed by atoms with Gasteiger partial charge in [-0.05, 0) is 59.2 Å². The van der Waals surface area contributed by atoms with Crippen molar-refractivity contribution in [1.29, 1.82) is 0 Å². The van der Waals surface area contributed by atoms with Crippen LogP contribution in [-0.2, 0) is 0 Å². The van der Waals surface area contributed by atoms with Crippen molar-refractivity contribution in [2.45, 2.75) is 25.3 Å². The lowest BCUT2D eigenvalue weighted by Crippen LogP contribution is -2.28. The fraction of sp³-hybridized carbons (Fsp3) is 0.333. The van der Waals surface area contributed by atoms with Gasteiger partial charge in [-0.2, -0.15) is 0 Å². The molecule has 1 aromatic carbocycles. The van der Waals surface area contributed by atoms with Gasteiger partial charge in [0.2, 0.25) is 0 Å². The van der Waals surface area contributed by atoms with Crippen LogP contribution in [-0.4, -0.2) is 0 Å². The quantitative estimate of drug-likeness (QED) is 0.265. The fourth-order valence-corrected chi connectivity index (χ4v) is 2.61. The van der Waals surface area contributed by atoms with E-state index in [-0.39, 0.29) is 6.04 Å². The molecule has 1 unspecified atom stereocenters. The van der Waals surface area contributed by atoms with Gasteiger partial charge in [-0.15, -0.1) is 12.3 Å². The van der Waals surface area contributed by atoms with E-state index in [0.29, 0.717) is 0 Å². The number of terminal acetylenes is 1. The molecule has 16 heavy (non-hydrogen) atoms. The van der Waals surface area contributed by atoms with Crippen molar-refractivity contribution in [3.63, 3.8) is 0 Å². The third-order valence-electron chi connectivity index (χ3n) is 2.35. The largest absolute Gasteiger partial charge is 0.271 e. The molecule has 86 valence electrons. The average molecular weight is 393 g/mol. The minimum atomic E-state index is 0.165. The van der Waals surface area contributed by atoms with Crippen molar-refractivity contribution in [3.05, 3.63) is 31.8 Å². The van der Waals surface area contributed by atoms with Crippen molar-refractivity contribution >= 4 is 38.5 Å². The van der Waals surface area contributed by atoms with Crippen LogP contribution in [0, 0.1) is 15.9 Å². The molecule has 0 radical (unpaired) electrons. The summed E-state index contributed by atoms with van der Waals surface area (Å²) in [4.78, 5) is 0. The Kier molecular flexibility index (Phi) is 6.36. The number of rotatable bonds is 5. The lowest BCUT2D eigenvalue weighted by atomic mass is 10.0. The number of nitrogens with one attached hydrogen (secondary N) is 1. The maximum absolute atomic E-state index is 5.59. The van der Waals surface area contributed by atoms with E-state index in [2.05, 4.69) is 62.0 Å². The van der Waals surface area contributed by atoms with Gasteiger partial charge in [-0.1, -0.05) is 15.9 Å². The molecule has 0 saturated carbocycles. The van der Waals surface area contributed by atoms with Crippen LogP contribution in [0.25, 0.3) is 0 Å². The van der Waals surface area contributed by atoms with Crippen LogP contribution >= 0.6 is 38.5 Å². The smallest absolute Gasteiger partial charge is 0.0471 e. The van der Waals surface area contributed by atoms with Crippen molar-refractivity contribution in [3.8, 4) is 12.3 Å². The zero-order valence-electron chi connectivity index (χ0n) is 8.84. The van der Waals surface area contributed by atoms with Gasteiger partial charge in [0.1, 0.15) is 0 Å². The second kappa shape index (κ2) is 7.28. The number of nitrogens with two attached hydrogens (primary N) is 1. The summed E-state index contributed by atoms with van der Waals surface area (Å²) in [6.07, 6.45) is 7.96. The third-order valence-corrected chi connectivity index (χ3v) is 3.82. The predicted molar refractivity (Wildman–Crippen MR) is 79.6 cm³/mol. The monoisotopic (exact) mass is 392 g/mol. The summed E-state index contributed by atoms with van der Waals surface area (Å²) in [5.74, 6) is 8.23. The van der Waals surface area contributed by atoms with E-state index in [1.165, 1.54) is 9.13 Å². The first-order chi connectivity index (χ1) is 7.69. The molecule has 2 nitrogen and oxygen atoms in total. The second-order valence-electron chi connectivity index (χ2n) is 3.48. The molecule has 0 aromatic heterocycles. The molecule has 0 aliphatic carbocycles. The Hall–Kier alpha value is -0.0900. The third kappa shape index (κ3) is 4.06. The molecular weight excluding hydrogens is 379 g/mol. The first-order valence-corrected chi connectivity index (χ1v) is 6.90. The Bertz CT molecular complexity index is 387. The van der Waals surface area contributed by atoms with Crippen LogP contribution in [0.4, 0.5) is 0 Å². The van der Waals surface area contributed by atoms with E-state index in [0.717, 1.165) is 23.7 Å². The molecule has 1 aromatic rings. The molecule has 1 atom stereocenters. The van der Waals surface area contributed by atoms with Crippen LogP contribution in [0.2, 0.25) is 0 Å². The van der Waals surface area contributed by atoms with Crippen LogP contribution < -0.4 is 11.3 Å². The summed E-state index contributed by atoms with van der Waals surface area (Å²) < 4.78 is 2.28. The van der Waals surface area contributed by atoms with Gasteiger partial charge < -0.3 is 0 Å². The molecule has 0 spiro atoms. The van der Waals surface area contributed by atoms with Crippen LogP contribution in [0.3, 0.4) is 0 Å². The Morgan fingerprint density at radius 2 is 2.31 bits per heavy atom. The van der Waals surface area contributed by atoms with E-state index in [4.69, 9.17) is 12.3 Å². The van der Waals surface area contributed by atoms with E-state index in [1.807, 2.05) is 6.07 Å². The molecule has 0 fully saturated rings. The SMILES string of the molecule is C#CCCCC(NN)c1cc(Br)ccc1I. The van der Waals surface area contributed by atoms with E-state index in [9.17, 15) is 0 Å². The molecule has 0 heterocycles. The van der Waals surface area contributed by atoms with Crippen LogP contribution in [0.5, 0.6) is 0 Å². The molecule has 0 aliphatic rings. The van der Waals surface area contributed by atoms with Crippen LogP contribution in [0.15, 0.2) is 22.7 Å². The summed E-state index contributed by atoms with van der Waals surface area (Å²) in [5.41, 5.74) is 4.07.